The lowest BCUT2D eigenvalue weighted by atomic mass is 9.87. The zero-order valence-electron chi connectivity index (χ0n) is 19.8. The van der Waals surface area contributed by atoms with Crippen LogP contribution in [-0.4, -0.2) is 35.9 Å². The Morgan fingerprint density at radius 1 is 1.03 bits per heavy atom. The second kappa shape index (κ2) is 11.9. The molecule has 0 fully saturated rings. The molecule has 32 heavy (non-hydrogen) atoms. The van der Waals surface area contributed by atoms with Crippen LogP contribution in [0.3, 0.4) is 0 Å². The van der Waals surface area contributed by atoms with Crippen LogP contribution in [0.2, 0.25) is 5.02 Å². The van der Waals surface area contributed by atoms with Crippen molar-refractivity contribution in [1.82, 2.24) is 10.2 Å². The van der Waals surface area contributed by atoms with Gasteiger partial charge in [-0.2, -0.15) is 0 Å². The van der Waals surface area contributed by atoms with Gasteiger partial charge in [-0.3, -0.25) is 9.59 Å². The Bertz CT molecular complexity index is 873. The van der Waals surface area contributed by atoms with Gasteiger partial charge in [0.05, 0.1) is 0 Å². The van der Waals surface area contributed by atoms with E-state index in [1.165, 1.54) is 5.56 Å². The van der Waals surface area contributed by atoms with E-state index in [-0.39, 0.29) is 23.8 Å². The predicted molar refractivity (Wildman–Crippen MR) is 130 cm³/mol. The number of nitrogens with one attached hydrogen (secondary N) is 1. The van der Waals surface area contributed by atoms with E-state index in [0.717, 1.165) is 12.0 Å². The monoisotopic (exact) mass is 458 g/mol. The standard InChI is InChI=1S/C26H35ClN2O3/c1-6-16-28-25(31)23(7-2)29(17-19-8-12-21(27)13-9-19)24(30)18-32-22-14-10-20(11-15-22)26(3,4)5/h8-15,23H,6-7,16-18H2,1-5H3,(H,28,31)/t23-/m1/s1. The van der Waals surface area contributed by atoms with E-state index >= 15 is 0 Å². The zero-order chi connectivity index (χ0) is 23.7. The van der Waals surface area contributed by atoms with Gasteiger partial charge in [0.1, 0.15) is 11.8 Å². The second-order valence-electron chi connectivity index (χ2n) is 8.93. The van der Waals surface area contributed by atoms with Gasteiger partial charge in [0.25, 0.3) is 5.91 Å². The molecule has 0 aliphatic carbocycles. The summed E-state index contributed by atoms with van der Waals surface area (Å²) in [4.78, 5) is 27.5. The molecule has 0 saturated carbocycles. The minimum Gasteiger partial charge on any atom is -0.484 e. The van der Waals surface area contributed by atoms with E-state index in [0.29, 0.717) is 30.3 Å². The lowest BCUT2D eigenvalue weighted by molar-refractivity contribution is -0.143. The van der Waals surface area contributed by atoms with Crippen molar-refractivity contribution in [3.05, 3.63) is 64.7 Å². The fraction of sp³-hybridized carbons (Fsp3) is 0.462. The Hall–Kier alpha value is -2.53. The average Bonchev–Trinajstić information content (AvgIpc) is 2.76. The molecule has 0 bridgehead atoms. The third-order valence-corrected chi connectivity index (χ3v) is 5.54. The molecule has 1 N–H and O–H groups in total. The molecule has 0 aromatic heterocycles. The zero-order valence-corrected chi connectivity index (χ0v) is 20.5. The quantitative estimate of drug-likeness (QED) is 0.522. The number of benzene rings is 2. The van der Waals surface area contributed by atoms with Gasteiger partial charge in [-0.25, -0.2) is 0 Å². The minimum atomic E-state index is -0.573. The Balaban J connectivity index is 2.16. The van der Waals surface area contributed by atoms with E-state index in [9.17, 15) is 9.59 Å². The highest BCUT2D eigenvalue weighted by molar-refractivity contribution is 6.30. The first-order valence-electron chi connectivity index (χ1n) is 11.2. The van der Waals surface area contributed by atoms with Gasteiger partial charge in [0, 0.05) is 18.1 Å². The van der Waals surface area contributed by atoms with E-state index in [1.807, 2.05) is 50.2 Å². The summed E-state index contributed by atoms with van der Waals surface area (Å²) in [6, 6.07) is 14.5. The predicted octanol–water partition coefficient (Wildman–Crippen LogP) is 5.35. The molecule has 5 nitrogen and oxygen atoms in total. The lowest BCUT2D eigenvalue weighted by Crippen LogP contribution is -2.50. The van der Waals surface area contributed by atoms with Crippen LogP contribution in [0.25, 0.3) is 0 Å². The summed E-state index contributed by atoms with van der Waals surface area (Å²) in [5.41, 5.74) is 2.14. The number of ether oxygens (including phenoxy) is 1. The summed E-state index contributed by atoms with van der Waals surface area (Å²) >= 11 is 6.00. The number of hydrogen-bond acceptors (Lipinski definition) is 3. The number of carbonyl (C=O) groups is 2. The largest absolute Gasteiger partial charge is 0.484 e. The fourth-order valence-corrected chi connectivity index (χ4v) is 3.48. The third-order valence-electron chi connectivity index (χ3n) is 5.28. The molecule has 2 aromatic rings. The summed E-state index contributed by atoms with van der Waals surface area (Å²) in [6.45, 7) is 11.1. The van der Waals surface area contributed by atoms with Crippen molar-refractivity contribution in [3.63, 3.8) is 0 Å². The summed E-state index contributed by atoms with van der Waals surface area (Å²) in [5, 5.41) is 3.54. The number of amides is 2. The first-order chi connectivity index (χ1) is 15.2. The number of hydrogen-bond donors (Lipinski definition) is 1. The smallest absolute Gasteiger partial charge is 0.261 e. The molecule has 0 unspecified atom stereocenters. The van der Waals surface area contributed by atoms with Crippen LogP contribution in [0.5, 0.6) is 5.75 Å². The fourth-order valence-electron chi connectivity index (χ4n) is 3.35. The summed E-state index contributed by atoms with van der Waals surface area (Å²) in [5.74, 6) is 0.241. The highest BCUT2D eigenvalue weighted by atomic mass is 35.5. The number of nitrogens with zero attached hydrogens (tertiary/aromatic N) is 1. The van der Waals surface area contributed by atoms with Gasteiger partial charge >= 0.3 is 0 Å². The first kappa shape index (κ1) is 25.7. The Morgan fingerprint density at radius 3 is 2.19 bits per heavy atom. The van der Waals surface area contributed by atoms with Crippen LogP contribution in [0, 0.1) is 0 Å². The van der Waals surface area contributed by atoms with E-state index in [1.54, 1.807) is 17.0 Å². The molecule has 174 valence electrons. The molecule has 2 aromatic carbocycles. The number of rotatable bonds is 10. The molecule has 6 heteroatoms. The normalized spacial score (nSPS) is 12.2. The van der Waals surface area contributed by atoms with Gasteiger partial charge in [-0.15, -0.1) is 0 Å². The molecular formula is C26H35ClN2O3. The van der Waals surface area contributed by atoms with Crippen molar-refractivity contribution in [3.8, 4) is 5.75 Å². The van der Waals surface area contributed by atoms with Crippen LogP contribution in [0.15, 0.2) is 48.5 Å². The van der Waals surface area contributed by atoms with E-state index < -0.39 is 6.04 Å². The molecule has 1 atom stereocenters. The molecule has 0 heterocycles. The van der Waals surface area contributed by atoms with Gasteiger partial charge in [-0.05, 0) is 53.6 Å². The average molecular weight is 459 g/mol. The maximum absolute atomic E-state index is 13.2. The highest BCUT2D eigenvalue weighted by Gasteiger charge is 2.28. The molecule has 0 spiro atoms. The summed E-state index contributed by atoms with van der Waals surface area (Å²) < 4.78 is 5.78. The van der Waals surface area contributed by atoms with E-state index in [2.05, 4.69) is 26.1 Å². The molecule has 0 saturated heterocycles. The summed E-state index contributed by atoms with van der Waals surface area (Å²) in [7, 11) is 0. The lowest BCUT2D eigenvalue weighted by Gasteiger charge is -2.30. The molecule has 2 rings (SSSR count). The topological polar surface area (TPSA) is 58.6 Å². The maximum Gasteiger partial charge on any atom is 0.261 e. The second-order valence-corrected chi connectivity index (χ2v) is 9.36. The van der Waals surface area contributed by atoms with Gasteiger partial charge in [-0.1, -0.05) is 70.5 Å². The van der Waals surface area contributed by atoms with Crippen molar-refractivity contribution < 1.29 is 14.3 Å². The van der Waals surface area contributed by atoms with Crippen LogP contribution in [-0.2, 0) is 21.5 Å². The first-order valence-corrected chi connectivity index (χ1v) is 11.6. The van der Waals surface area contributed by atoms with Crippen molar-refractivity contribution >= 4 is 23.4 Å². The summed E-state index contributed by atoms with van der Waals surface area (Å²) in [6.07, 6.45) is 1.34. The third kappa shape index (κ3) is 7.56. The maximum atomic E-state index is 13.2. The minimum absolute atomic E-state index is 0.0456. The van der Waals surface area contributed by atoms with E-state index in [4.69, 9.17) is 16.3 Å². The van der Waals surface area contributed by atoms with Crippen molar-refractivity contribution in [2.75, 3.05) is 13.2 Å². The van der Waals surface area contributed by atoms with Crippen molar-refractivity contribution in [2.45, 2.75) is 65.5 Å². The molecule has 0 aliphatic heterocycles. The van der Waals surface area contributed by atoms with Crippen molar-refractivity contribution in [1.29, 1.82) is 0 Å². The molecule has 2 amide bonds. The van der Waals surface area contributed by atoms with Crippen LogP contribution >= 0.6 is 11.6 Å². The molecular weight excluding hydrogens is 424 g/mol. The van der Waals surface area contributed by atoms with Crippen LogP contribution in [0.1, 0.15) is 58.6 Å². The van der Waals surface area contributed by atoms with Crippen molar-refractivity contribution in [2.24, 2.45) is 0 Å². The Morgan fingerprint density at radius 2 is 1.66 bits per heavy atom. The Kier molecular flexibility index (Phi) is 9.58. The van der Waals surface area contributed by atoms with Gasteiger partial charge in [0.15, 0.2) is 6.61 Å². The molecule has 0 aliphatic rings. The highest BCUT2D eigenvalue weighted by Crippen LogP contribution is 2.24. The van der Waals surface area contributed by atoms with Gasteiger partial charge in [0.2, 0.25) is 5.91 Å². The SMILES string of the molecule is CCCNC(=O)[C@@H](CC)N(Cc1ccc(Cl)cc1)C(=O)COc1ccc(C(C)(C)C)cc1. The van der Waals surface area contributed by atoms with Crippen LogP contribution < -0.4 is 10.1 Å². The molecule has 0 radical (unpaired) electrons. The van der Waals surface area contributed by atoms with Gasteiger partial charge < -0.3 is 15.0 Å². The number of carbonyl (C=O) groups excluding carboxylic acids is 2. The Labute approximate surface area is 197 Å². The van der Waals surface area contributed by atoms with Crippen LogP contribution in [0.4, 0.5) is 0 Å². The number of halogens is 1.